The van der Waals surface area contributed by atoms with Crippen molar-refractivity contribution >= 4 is 0 Å². The first-order valence-electron chi connectivity index (χ1n) is 6.58. The Bertz CT molecular complexity index is 223. The smallest absolute Gasteiger partial charge is 0.0190 e. The van der Waals surface area contributed by atoms with Gasteiger partial charge in [0.2, 0.25) is 0 Å². The van der Waals surface area contributed by atoms with E-state index in [0.29, 0.717) is 6.04 Å². The SMILES string of the molecule is CCC1CN(C(C)CN)CC(C)C12CC2. The van der Waals surface area contributed by atoms with Crippen LogP contribution >= 0.6 is 0 Å². The van der Waals surface area contributed by atoms with E-state index in [9.17, 15) is 0 Å². The van der Waals surface area contributed by atoms with Gasteiger partial charge in [0, 0.05) is 25.7 Å². The van der Waals surface area contributed by atoms with Crippen molar-refractivity contribution in [2.24, 2.45) is 23.0 Å². The van der Waals surface area contributed by atoms with Crippen LogP contribution in [0, 0.1) is 17.3 Å². The van der Waals surface area contributed by atoms with Gasteiger partial charge in [0.05, 0.1) is 0 Å². The molecule has 1 heterocycles. The van der Waals surface area contributed by atoms with Crippen molar-refractivity contribution in [3.8, 4) is 0 Å². The molecule has 2 rings (SSSR count). The molecule has 0 amide bonds. The highest BCUT2D eigenvalue weighted by Gasteiger charge is 2.55. The Morgan fingerprint density at radius 3 is 2.53 bits per heavy atom. The van der Waals surface area contributed by atoms with Gasteiger partial charge >= 0.3 is 0 Å². The van der Waals surface area contributed by atoms with Crippen LogP contribution in [0.25, 0.3) is 0 Å². The van der Waals surface area contributed by atoms with Crippen LogP contribution in [-0.2, 0) is 0 Å². The fraction of sp³-hybridized carbons (Fsp3) is 1.00. The number of hydrogen-bond donors (Lipinski definition) is 1. The second-order valence-corrected chi connectivity index (χ2v) is 5.78. The maximum absolute atomic E-state index is 5.78. The lowest BCUT2D eigenvalue weighted by Gasteiger charge is -2.45. The van der Waals surface area contributed by atoms with E-state index in [2.05, 4.69) is 25.7 Å². The number of likely N-dealkylation sites (tertiary alicyclic amines) is 1. The van der Waals surface area contributed by atoms with Crippen LogP contribution in [-0.4, -0.2) is 30.6 Å². The minimum Gasteiger partial charge on any atom is -0.329 e. The highest BCUT2D eigenvalue weighted by molar-refractivity contribution is 5.05. The molecule has 88 valence electrons. The zero-order valence-corrected chi connectivity index (χ0v) is 10.5. The Hall–Kier alpha value is -0.0800. The molecule has 2 N–H and O–H groups in total. The molecule has 0 aromatic heterocycles. The first-order valence-corrected chi connectivity index (χ1v) is 6.58. The normalized spacial score (nSPS) is 36.8. The Kier molecular flexibility index (Phi) is 3.09. The fourth-order valence-electron chi connectivity index (χ4n) is 3.57. The molecule has 15 heavy (non-hydrogen) atoms. The average Bonchev–Trinajstić information content (AvgIpc) is 3.02. The second-order valence-electron chi connectivity index (χ2n) is 5.78. The van der Waals surface area contributed by atoms with Crippen molar-refractivity contribution in [3.05, 3.63) is 0 Å². The van der Waals surface area contributed by atoms with Crippen LogP contribution in [0.1, 0.15) is 40.0 Å². The third kappa shape index (κ3) is 1.83. The highest BCUT2D eigenvalue weighted by Crippen LogP contribution is 2.60. The zero-order valence-electron chi connectivity index (χ0n) is 10.5. The van der Waals surface area contributed by atoms with Crippen LogP contribution in [0.15, 0.2) is 0 Å². The Balaban J connectivity index is 2.04. The van der Waals surface area contributed by atoms with Gasteiger partial charge in [-0.05, 0) is 37.0 Å². The van der Waals surface area contributed by atoms with Gasteiger partial charge in [-0.3, -0.25) is 4.90 Å². The van der Waals surface area contributed by atoms with Gasteiger partial charge in [-0.25, -0.2) is 0 Å². The van der Waals surface area contributed by atoms with Gasteiger partial charge in [-0.1, -0.05) is 20.3 Å². The molecule has 0 aromatic carbocycles. The molecule has 2 aliphatic rings. The van der Waals surface area contributed by atoms with Crippen molar-refractivity contribution in [1.29, 1.82) is 0 Å². The van der Waals surface area contributed by atoms with E-state index in [1.807, 2.05) is 0 Å². The number of nitrogens with two attached hydrogens (primary N) is 1. The summed E-state index contributed by atoms with van der Waals surface area (Å²) in [6.07, 6.45) is 4.31. The van der Waals surface area contributed by atoms with Crippen molar-refractivity contribution < 1.29 is 0 Å². The summed E-state index contributed by atoms with van der Waals surface area (Å²) >= 11 is 0. The number of hydrogen-bond acceptors (Lipinski definition) is 2. The molecule has 2 heteroatoms. The maximum atomic E-state index is 5.78. The number of rotatable bonds is 3. The summed E-state index contributed by atoms with van der Waals surface area (Å²) in [4.78, 5) is 2.61. The number of nitrogens with zero attached hydrogens (tertiary/aromatic N) is 1. The topological polar surface area (TPSA) is 29.3 Å². The number of piperidine rings is 1. The van der Waals surface area contributed by atoms with Crippen molar-refractivity contribution in [1.82, 2.24) is 4.90 Å². The molecule has 1 aliphatic carbocycles. The van der Waals surface area contributed by atoms with Crippen LogP contribution in [0.3, 0.4) is 0 Å². The van der Waals surface area contributed by atoms with Gasteiger partial charge in [0.15, 0.2) is 0 Å². The quantitative estimate of drug-likeness (QED) is 0.773. The Labute approximate surface area is 94.2 Å². The van der Waals surface area contributed by atoms with Crippen molar-refractivity contribution in [3.63, 3.8) is 0 Å². The van der Waals surface area contributed by atoms with Gasteiger partial charge < -0.3 is 5.73 Å². The van der Waals surface area contributed by atoms with Crippen LogP contribution < -0.4 is 5.73 Å². The second kappa shape index (κ2) is 4.06. The Morgan fingerprint density at radius 1 is 1.40 bits per heavy atom. The predicted molar refractivity (Wildman–Crippen MR) is 64.7 cm³/mol. The molecule has 2 fully saturated rings. The summed E-state index contributed by atoms with van der Waals surface area (Å²) in [6, 6.07) is 0.567. The first-order chi connectivity index (χ1) is 7.14. The summed E-state index contributed by atoms with van der Waals surface area (Å²) in [7, 11) is 0. The van der Waals surface area contributed by atoms with E-state index in [4.69, 9.17) is 5.73 Å². The van der Waals surface area contributed by atoms with E-state index < -0.39 is 0 Å². The largest absolute Gasteiger partial charge is 0.329 e. The standard InChI is InChI=1S/C13H26N2/c1-4-12-9-15(11(3)7-14)8-10(2)13(12)5-6-13/h10-12H,4-9,14H2,1-3H3. The van der Waals surface area contributed by atoms with Gasteiger partial charge in [-0.15, -0.1) is 0 Å². The summed E-state index contributed by atoms with van der Waals surface area (Å²) in [6.45, 7) is 10.4. The molecule has 0 radical (unpaired) electrons. The first kappa shape index (κ1) is 11.4. The molecule has 0 bridgehead atoms. The molecule has 1 spiro atoms. The molecule has 3 atom stereocenters. The molecular weight excluding hydrogens is 184 g/mol. The lowest BCUT2D eigenvalue weighted by atomic mass is 9.73. The van der Waals surface area contributed by atoms with E-state index in [-0.39, 0.29) is 0 Å². The molecule has 2 nitrogen and oxygen atoms in total. The van der Waals surface area contributed by atoms with E-state index in [1.165, 1.54) is 32.4 Å². The van der Waals surface area contributed by atoms with Crippen LogP contribution in [0.2, 0.25) is 0 Å². The summed E-state index contributed by atoms with van der Waals surface area (Å²) < 4.78 is 0. The molecule has 1 saturated carbocycles. The third-order valence-electron chi connectivity index (χ3n) is 5.04. The lowest BCUT2D eigenvalue weighted by molar-refractivity contribution is 0.0296. The molecular formula is C13H26N2. The van der Waals surface area contributed by atoms with Crippen molar-refractivity contribution in [2.75, 3.05) is 19.6 Å². The average molecular weight is 210 g/mol. The molecule has 3 unspecified atom stereocenters. The van der Waals surface area contributed by atoms with Gasteiger partial charge in [0.25, 0.3) is 0 Å². The third-order valence-corrected chi connectivity index (χ3v) is 5.04. The molecule has 1 aliphatic heterocycles. The van der Waals surface area contributed by atoms with E-state index >= 15 is 0 Å². The van der Waals surface area contributed by atoms with Gasteiger partial charge in [-0.2, -0.15) is 0 Å². The van der Waals surface area contributed by atoms with E-state index in [1.54, 1.807) is 0 Å². The molecule has 1 saturated heterocycles. The zero-order chi connectivity index (χ0) is 11.1. The van der Waals surface area contributed by atoms with Gasteiger partial charge in [0.1, 0.15) is 0 Å². The lowest BCUT2D eigenvalue weighted by Crippen LogP contribution is -2.51. The minimum atomic E-state index is 0.567. The minimum absolute atomic E-state index is 0.567. The maximum Gasteiger partial charge on any atom is 0.0190 e. The summed E-state index contributed by atoms with van der Waals surface area (Å²) in [5.74, 6) is 1.81. The van der Waals surface area contributed by atoms with Crippen molar-refractivity contribution in [2.45, 2.75) is 46.1 Å². The molecule has 0 aromatic rings. The summed E-state index contributed by atoms with van der Waals surface area (Å²) in [5.41, 5.74) is 6.51. The summed E-state index contributed by atoms with van der Waals surface area (Å²) in [5, 5.41) is 0. The predicted octanol–water partition coefficient (Wildman–Crippen LogP) is 2.09. The monoisotopic (exact) mass is 210 g/mol. The van der Waals surface area contributed by atoms with Crippen LogP contribution in [0.4, 0.5) is 0 Å². The fourth-order valence-corrected chi connectivity index (χ4v) is 3.57. The van der Waals surface area contributed by atoms with Crippen LogP contribution in [0.5, 0.6) is 0 Å². The Morgan fingerprint density at radius 2 is 2.07 bits per heavy atom. The van der Waals surface area contributed by atoms with E-state index in [0.717, 1.165) is 23.8 Å². The highest BCUT2D eigenvalue weighted by atomic mass is 15.2.